The van der Waals surface area contributed by atoms with Crippen LogP contribution in [0.5, 0.6) is 0 Å². The van der Waals surface area contributed by atoms with E-state index in [1.807, 2.05) is 4.90 Å². The number of carbonyl (C=O) groups is 1. The van der Waals surface area contributed by atoms with Crippen LogP contribution >= 0.6 is 11.6 Å². The molecule has 2 aromatic carbocycles. The lowest BCUT2D eigenvalue weighted by Gasteiger charge is -2.23. The second kappa shape index (κ2) is 10.3. The first-order valence-corrected chi connectivity index (χ1v) is 12.6. The maximum absolute atomic E-state index is 14.2. The van der Waals surface area contributed by atoms with Crippen LogP contribution in [0.1, 0.15) is 37.8 Å². The normalized spacial score (nSPS) is 14.2. The molecule has 1 N–H and O–H groups in total. The van der Waals surface area contributed by atoms with Crippen LogP contribution < -0.4 is 5.32 Å². The molecular weight excluding hydrogens is 453 g/mol. The Labute approximate surface area is 194 Å². The van der Waals surface area contributed by atoms with Crippen LogP contribution in [0.25, 0.3) is 0 Å². The van der Waals surface area contributed by atoms with Gasteiger partial charge in [-0.15, -0.1) is 0 Å². The molecule has 6 nitrogen and oxygen atoms in total. The van der Waals surface area contributed by atoms with E-state index in [4.69, 9.17) is 11.6 Å². The summed E-state index contributed by atoms with van der Waals surface area (Å²) in [4.78, 5) is 14.9. The van der Waals surface area contributed by atoms with Crippen LogP contribution in [-0.4, -0.2) is 49.2 Å². The molecule has 1 aliphatic carbocycles. The van der Waals surface area contributed by atoms with Crippen molar-refractivity contribution in [1.29, 1.82) is 0 Å². The molecular formula is C23H29ClFN3O3S. The van der Waals surface area contributed by atoms with Gasteiger partial charge in [0.2, 0.25) is 15.9 Å². The van der Waals surface area contributed by atoms with Crippen molar-refractivity contribution in [2.24, 2.45) is 0 Å². The molecule has 0 saturated heterocycles. The lowest BCUT2D eigenvalue weighted by Crippen LogP contribution is -2.35. The van der Waals surface area contributed by atoms with Crippen molar-refractivity contribution in [1.82, 2.24) is 9.21 Å². The number of nitrogens with zero attached hydrogens (tertiary/aromatic N) is 2. The number of aryl methyl sites for hydroxylation is 1. The molecule has 3 rings (SSSR count). The van der Waals surface area contributed by atoms with Crippen molar-refractivity contribution in [2.75, 3.05) is 25.0 Å². The van der Waals surface area contributed by atoms with Gasteiger partial charge >= 0.3 is 0 Å². The number of rotatable bonds is 10. The van der Waals surface area contributed by atoms with Crippen molar-refractivity contribution in [3.8, 4) is 0 Å². The minimum Gasteiger partial charge on any atom is -0.325 e. The highest BCUT2D eigenvalue weighted by atomic mass is 35.5. The Morgan fingerprint density at radius 1 is 1.19 bits per heavy atom. The molecule has 0 atom stereocenters. The number of sulfonamides is 1. The molecule has 32 heavy (non-hydrogen) atoms. The van der Waals surface area contributed by atoms with Gasteiger partial charge in [0.1, 0.15) is 5.82 Å². The smallest absolute Gasteiger partial charge is 0.243 e. The molecule has 0 heterocycles. The Kier molecular flexibility index (Phi) is 7.92. The highest BCUT2D eigenvalue weighted by Crippen LogP contribution is 2.31. The number of hydrogen-bond acceptors (Lipinski definition) is 4. The minimum atomic E-state index is -3.64. The number of nitrogens with one attached hydrogen (secondary N) is 1. The molecule has 0 bridgehead atoms. The highest BCUT2D eigenvalue weighted by Gasteiger charge is 2.31. The van der Waals surface area contributed by atoms with Crippen LogP contribution in [0.2, 0.25) is 5.02 Å². The van der Waals surface area contributed by atoms with Gasteiger partial charge in [0.25, 0.3) is 0 Å². The minimum absolute atomic E-state index is 0.0573. The second-order valence-electron chi connectivity index (χ2n) is 7.95. The first-order chi connectivity index (χ1) is 15.2. The summed E-state index contributed by atoms with van der Waals surface area (Å²) in [6, 6.07) is 9.48. The van der Waals surface area contributed by atoms with E-state index in [0.717, 1.165) is 18.4 Å². The Hall–Kier alpha value is -2.00. The summed E-state index contributed by atoms with van der Waals surface area (Å²) in [6.45, 7) is 6.40. The molecule has 1 saturated carbocycles. The summed E-state index contributed by atoms with van der Waals surface area (Å²) in [5, 5.41) is 3.17. The third kappa shape index (κ3) is 5.67. The van der Waals surface area contributed by atoms with Crippen molar-refractivity contribution in [2.45, 2.75) is 51.1 Å². The number of halogens is 2. The van der Waals surface area contributed by atoms with Crippen molar-refractivity contribution in [3.63, 3.8) is 0 Å². The van der Waals surface area contributed by atoms with E-state index in [2.05, 4.69) is 5.32 Å². The topological polar surface area (TPSA) is 69.7 Å². The summed E-state index contributed by atoms with van der Waals surface area (Å²) in [5.41, 5.74) is 1.58. The number of hydrogen-bond donors (Lipinski definition) is 1. The number of carbonyl (C=O) groups excluding carboxylic acids is 1. The van der Waals surface area contributed by atoms with Gasteiger partial charge in [0.15, 0.2) is 0 Å². The third-order valence-electron chi connectivity index (χ3n) is 5.66. The molecule has 0 unspecified atom stereocenters. The summed E-state index contributed by atoms with van der Waals surface area (Å²) < 4.78 is 41.3. The molecule has 174 valence electrons. The average Bonchev–Trinajstić information content (AvgIpc) is 3.57. The Morgan fingerprint density at radius 2 is 1.88 bits per heavy atom. The molecule has 0 aromatic heterocycles. The van der Waals surface area contributed by atoms with E-state index in [1.165, 1.54) is 16.4 Å². The maximum atomic E-state index is 14.2. The predicted molar refractivity (Wildman–Crippen MR) is 125 cm³/mol. The molecule has 2 aromatic rings. The summed E-state index contributed by atoms with van der Waals surface area (Å²) >= 11 is 6.17. The van der Waals surface area contributed by atoms with Crippen LogP contribution in [0.3, 0.4) is 0 Å². The van der Waals surface area contributed by atoms with Gasteiger partial charge < -0.3 is 5.32 Å². The monoisotopic (exact) mass is 481 g/mol. The highest BCUT2D eigenvalue weighted by molar-refractivity contribution is 7.89. The lowest BCUT2D eigenvalue weighted by molar-refractivity contribution is -0.117. The van der Waals surface area contributed by atoms with Crippen molar-refractivity contribution < 1.29 is 17.6 Å². The predicted octanol–water partition coefficient (Wildman–Crippen LogP) is 4.42. The van der Waals surface area contributed by atoms with Gasteiger partial charge in [-0.05, 0) is 49.6 Å². The summed E-state index contributed by atoms with van der Waals surface area (Å²) in [7, 11) is -3.64. The number of anilines is 1. The summed E-state index contributed by atoms with van der Waals surface area (Å²) in [6.07, 6.45) is 1.88. The molecule has 0 spiro atoms. The first kappa shape index (κ1) is 24.6. The van der Waals surface area contributed by atoms with Gasteiger partial charge in [-0.3, -0.25) is 9.69 Å². The largest absolute Gasteiger partial charge is 0.325 e. The molecule has 0 radical (unpaired) electrons. The quantitative estimate of drug-likeness (QED) is 0.545. The second-order valence-corrected chi connectivity index (χ2v) is 10.3. The fraction of sp³-hybridized carbons (Fsp3) is 0.435. The first-order valence-electron chi connectivity index (χ1n) is 10.7. The molecule has 1 amide bonds. The fourth-order valence-corrected chi connectivity index (χ4v) is 5.33. The molecule has 9 heteroatoms. The van der Waals surface area contributed by atoms with E-state index < -0.39 is 15.8 Å². The van der Waals surface area contributed by atoms with Crippen LogP contribution in [0.4, 0.5) is 10.1 Å². The van der Waals surface area contributed by atoms with Gasteiger partial charge in [-0.1, -0.05) is 37.6 Å². The van der Waals surface area contributed by atoms with E-state index in [9.17, 15) is 17.6 Å². The van der Waals surface area contributed by atoms with E-state index in [0.29, 0.717) is 29.4 Å². The van der Waals surface area contributed by atoms with E-state index in [1.54, 1.807) is 45.0 Å². The zero-order chi connectivity index (χ0) is 23.5. The van der Waals surface area contributed by atoms with E-state index >= 15 is 0 Å². The number of benzene rings is 2. The van der Waals surface area contributed by atoms with Gasteiger partial charge in [0, 0.05) is 41.9 Å². The molecule has 0 aliphatic heterocycles. The van der Waals surface area contributed by atoms with Gasteiger partial charge in [-0.25, -0.2) is 12.8 Å². The average molecular weight is 482 g/mol. The standard InChI is InChI=1S/C23H29ClFN3O3S/c1-4-28(5-2)32(30,31)18-12-9-16(3)22(13-18)26-23(29)15-27(17-10-11-17)14-19-20(24)7-6-8-21(19)25/h6-9,12-13,17H,4-5,10-11,14-15H2,1-3H3,(H,26,29). The van der Waals surface area contributed by atoms with Crippen LogP contribution in [-0.2, 0) is 21.4 Å². The zero-order valence-corrected chi connectivity index (χ0v) is 20.1. The lowest BCUT2D eigenvalue weighted by atomic mass is 10.2. The van der Waals surface area contributed by atoms with Crippen LogP contribution in [0, 0.1) is 12.7 Å². The maximum Gasteiger partial charge on any atom is 0.243 e. The summed E-state index contributed by atoms with van der Waals surface area (Å²) in [5.74, 6) is -0.682. The van der Waals surface area contributed by atoms with Crippen LogP contribution in [0.15, 0.2) is 41.3 Å². The van der Waals surface area contributed by atoms with Crippen molar-refractivity contribution >= 4 is 33.2 Å². The molecule has 1 fully saturated rings. The Bertz CT molecular complexity index is 1070. The number of amides is 1. The SMILES string of the molecule is CCN(CC)S(=O)(=O)c1ccc(C)c(NC(=O)CN(Cc2c(F)cccc2Cl)C2CC2)c1. The zero-order valence-electron chi connectivity index (χ0n) is 18.6. The Balaban J connectivity index is 1.76. The van der Waals surface area contributed by atoms with Gasteiger partial charge in [0.05, 0.1) is 11.4 Å². The van der Waals surface area contributed by atoms with E-state index in [-0.39, 0.29) is 29.9 Å². The molecule has 1 aliphatic rings. The fourth-order valence-electron chi connectivity index (χ4n) is 3.62. The third-order valence-corrected chi connectivity index (χ3v) is 8.06. The Morgan fingerprint density at radius 3 is 2.47 bits per heavy atom. The van der Waals surface area contributed by atoms with Crippen molar-refractivity contribution in [3.05, 3.63) is 58.4 Å². The van der Waals surface area contributed by atoms with Gasteiger partial charge in [-0.2, -0.15) is 4.31 Å².